The first-order chi connectivity index (χ1) is 5.56. The van der Waals surface area contributed by atoms with Gasteiger partial charge in [0.05, 0.1) is 5.54 Å². The first-order valence-electron chi connectivity index (χ1n) is 4.41. The Labute approximate surface area is 80.2 Å². The minimum Gasteiger partial charge on any atom is -0.395 e. The van der Waals surface area contributed by atoms with E-state index in [1.807, 2.05) is 41.5 Å². The molecule has 0 aromatic heterocycles. The lowest BCUT2D eigenvalue weighted by atomic mass is 9.65. The molecule has 0 aliphatic carbocycles. The molecule has 0 spiro atoms. The molecule has 4 heteroatoms. The largest absolute Gasteiger partial charge is 0.395 e. The monoisotopic (exact) mass is 187 g/mol. The van der Waals surface area contributed by atoms with Crippen LogP contribution >= 0.6 is 0 Å². The number of rotatable bonds is 2. The molecule has 0 radical (unpaired) electrons. The highest BCUT2D eigenvalue weighted by Gasteiger charge is 2.47. The Kier molecular flexibility index (Phi) is 3.09. The van der Waals surface area contributed by atoms with Gasteiger partial charge in [0.25, 0.3) is 0 Å². The van der Waals surface area contributed by atoms with E-state index >= 15 is 0 Å². The van der Waals surface area contributed by atoms with Crippen LogP contribution in [0.5, 0.6) is 0 Å². The Bertz CT molecular complexity index is 201. The molecule has 0 heterocycles. The first kappa shape index (κ1) is 12.4. The lowest BCUT2D eigenvalue weighted by Crippen LogP contribution is -2.61. The van der Waals surface area contributed by atoms with Crippen molar-refractivity contribution in [2.45, 2.75) is 52.6 Å². The zero-order valence-electron chi connectivity index (χ0n) is 9.42. The van der Waals surface area contributed by atoms with Crippen LogP contribution in [-0.2, 0) is 0 Å². The second-order valence-electron chi connectivity index (χ2n) is 5.20. The fraction of sp³-hybridized carbons (Fsp3) is 1.00. The number of nitrogens with zero attached hydrogens (tertiary/aromatic N) is 2. The van der Waals surface area contributed by atoms with Gasteiger partial charge in [-0.05, 0) is 26.2 Å². The van der Waals surface area contributed by atoms with Gasteiger partial charge in [-0.1, -0.05) is 20.8 Å². The molecule has 0 aromatic carbocycles. The van der Waals surface area contributed by atoms with E-state index in [9.17, 15) is 0 Å². The summed E-state index contributed by atoms with van der Waals surface area (Å²) in [7, 11) is 0. The fourth-order valence-electron chi connectivity index (χ4n) is 1.13. The maximum absolute atomic E-state index is 8.43. The van der Waals surface area contributed by atoms with E-state index in [2.05, 4.69) is 10.4 Å². The number of nitrogens with two attached hydrogens (primary N) is 1. The zero-order chi connectivity index (χ0) is 10.9. The van der Waals surface area contributed by atoms with Crippen molar-refractivity contribution in [2.75, 3.05) is 0 Å². The second kappa shape index (κ2) is 3.25. The third-order valence-electron chi connectivity index (χ3n) is 3.12. The van der Waals surface area contributed by atoms with Crippen LogP contribution in [0.2, 0.25) is 0 Å². The van der Waals surface area contributed by atoms with Gasteiger partial charge in [0.1, 0.15) is 0 Å². The molecule has 3 N–H and O–H groups in total. The fourth-order valence-corrected chi connectivity index (χ4v) is 1.13. The van der Waals surface area contributed by atoms with Crippen LogP contribution in [0.1, 0.15) is 41.5 Å². The molecular weight excluding hydrogens is 166 g/mol. The summed E-state index contributed by atoms with van der Waals surface area (Å²) >= 11 is 0. The molecule has 78 valence electrons. The zero-order valence-corrected chi connectivity index (χ0v) is 9.42. The van der Waals surface area contributed by atoms with Gasteiger partial charge in [-0.15, -0.1) is 5.11 Å². The van der Waals surface area contributed by atoms with Crippen molar-refractivity contribution in [3.05, 3.63) is 0 Å². The van der Waals surface area contributed by atoms with Gasteiger partial charge in [0.15, 0.2) is 0 Å². The van der Waals surface area contributed by atoms with Gasteiger partial charge in [0.2, 0.25) is 0 Å². The van der Waals surface area contributed by atoms with Gasteiger partial charge < -0.3 is 10.9 Å². The highest BCUT2D eigenvalue weighted by atomic mass is 16.5. The quantitative estimate of drug-likeness (QED) is 0.514. The number of hydrogen-bond donors (Lipinski definition) is 2. The Balaban J connectivity index is 5.03. The second-order valence-corrected chi connectivity index (χ2v) is 5.20. The average molecular weight is 187 g/mol. The Hall–Kier alpha value is -0.640. The SMILES string of the molecule is CC(C)(C)C(C)(N)C(C)(C)N=NO. The molecule has 0 rings (SSSR count). The van der Waals surface area contributed by atoms with Crippen LogP contribution in [0.15, 0.2) is 10.4 Å². The van der Waals surface area contributed by atoms with Crippen molar-refractivity contribution in [3.8, 4) is 0 Å². The Morgan fingerprint density at radius 2 is 1.38 bits per heavy atom. The molecule has 4 nitrogen and oxygen atoms in total. The first-order valence-corrected chi connectivity index (χ1v) is 4.41. The maximum atomic E-state index is 8.43. The lowest BCUT2D eigenvalue weighted by Gasteiger charge is -2.46. The summed E-state index contributed by atoms with van der Waals surface area (Å²) in [5, 5.41) is 15.0. The molecule has 0 fully saturated rings. The molecule has 0 bridgehead atoms. The van der Waals surface area contributed by atoms with Gasteiger partial charge in [0, 0.05) is 10.8 Å². The summed E-state index contributed by atoms with van der Waals surface area (Å²) in [6.07, 6.45) is 0. The van der Waals surface area contributed by atoms with Gasteiger partial charge >= 0.3 is 0 Å². The Morgan fingerprint density at radius 3 is 1.62 bits per heavy atom. The molecule has 1 atom stereocenters. The van der Waals surface area contributed by atoms with Crippen molar-refractivity contribution in [1.29, 1.82) is 0 Å². The predicted octanol–water partition coefficient (Wildman–Crippen LogP) is 2.37. The number of hydrogen-bond acceptors (Lipinski definition) is 3. The minimum atomic E-state index is -0.583. The van der Waals surface area contributed by atoms with Gasteiger partial charge in [-0.25, -0.2) is 0 Å². The van der Waals surface area contributed by atoms with Crippen LogP contribution < -0.4 is 5.73 Å². The van der Waals surface area contributed by atoms with Crippen LogP contribution in [0, 0.1) is 5.41 Å². The normalized spacial score (nSPS) is 19.0. The van der Waals surface area contributed by atoms with E-state index in [0.29, 0.717) is 0 Å². The van der Waals surface area contributed by atoms with E-state index in [1.165, 1.54) is 0 Å². The predicted molar refractivity (Wildman–Crippen MR) is 52.8 cm³/mol. The van der Waals surface area contributed by atoms with E-state index < -0.39 is 11.1 Å². The maximum Gasteiger partial charge on any atom is 0.0976 e. The van der Waals surface area contributed by atoms with Crippen LogP contribution in [0.25, 0.3) is 0 Å². The smallest absolute Gasteiger partial charge is 0.0976 e. The molecule has 13 heavy (non-hydrogen) atoms. The summed E-state index contributed by atoms with van der Waals surface area (Å²) in [5.41, 5.74) is 4.97. The standard InChI is InChI=1S/C9H21N3O/c1-7(2,3)9(6,10)8(4,5)11-12-13/h10H2,1-6H3,(H,11,13). The third-order valence-corrected chi connectivity index (χ3v) is 3.12. The van der Waals surface area contributed by atoms with Crippen LogP contribution in [-0.4, -0.2) is 16.3 Å². The summed E-state index contributed by atoms with van der Waals surface area (Å²) < 4.78 is 0. The van der Waals surface area contributed by atoms with Gasteiger partial charge in [-0.2, -0.15) is 0 Å². The Morgan fingerprint density at radius 1 is 1.00 bits per heavy atom. The van der Waals surface area contributed by atoms with E-state index in [0.717, 1.165) is 0 Å². The van der Waals surface area contributed by atoms with Crippen LogP contribution in [0.4, 0.5) is 0 Å². The van der Waals surface area contributed by atoms with Crippen molar-refractivity contribution in [3.63, 3.8) is 0 Å². The summed E-state index contributed by atoms with van der Waals surface area (Å²) in [4.78, 5) is 0. The molecule has 0 saturated heterocycles. The summed E-state index contributed by atoms with van der Waals surface area (Å²) in [5.74, 6) is 0. The molecule has 0 aliphatic rings. The van der Waals surface area contributed by atoms with E-state index in [4.69, 9.17) is 10.9 Å². The molecule has 0 amide bonds. The summed E-state index contributed by atoms with van der Waals surface area (Å²) in [6.45, 7) is 11.8. The third kappa shape index (κ3) is 2.18. The summed E-state index contributed by atoms with van der Waals surface area (Å²) in [6, 6.07) is 0. The van der Waals surface area contributed by atoms with Crippen molar-refractivity contribution in [1.82, 2.24) is 0 Å². The van der Waals surface area contributed by atoms with E-state index in [-0.39, 0.29) is 5.41 Å². The average Bonchev–Trinajstić information content (AvgIpc) is 1.84. The lowest BCUT2D eigenvalue weighted by molar-refractivity contribution is 0.108. The molecule has 0 saturated carbocycles. The van der Waals surface area contributed by atoms with Crippen molar-refractivity contribution >= 4 is 0 Å². The highest BCUT2D eigenvalue weighted by Crippen LogP contribution is 2.38. The van der Waals surface area contributed by atoms with Gasteiger partial charge in [-0.3, -0.25) is 0 Å². The molecule has 0 aromatic rings. The van der Waals surface area contributed by atoms with Crippen molar-refractivity contribution in [2.24, 2.45) is 21.5 Å². The molecule has 0 aliphatic heterocycles. The van der Waals surface area contributed by atoms with E-state index in [1.54, 1.807) is 0 Å². The molecule has 1 unspecified atom stereocenters. The molecular formula is C9H21N3O. The highest BCUT2D eigenvalue weighted by molar-refractivity contribution is 5.06. The van der Waals surface area contributed by atoms with Crippen molar-refractivity contribution < 1.29 is 5.21 Å². The minimum absolute atomic E-state index is 0.106. The topological polar surface area (TPSA) is 71.0 Å². The van der Waals surface area contributed by atoms with Crippen LogP contribution in [0.3, 0.4) is 0 Å².